The molecular formula is C14H27NO2. The van der Waals surface area contributed by atoms with Crippen LogP contribution >= 0.6 is 0 Å². The Balaban J connectivity index is 2.52. The van der Waals surface area contributed by atoms with Crippen molar-refractivity contribution in [2.75, 3.05) is 0 Å². The van der Waals surface area contributed by atoms with Gasteiger partial charge in [-0.1, -0.05) is 34.6 Å². The van der Waals surface area contributed by atoms with Crippen molar-refractivity contribution < 1.29 is 10.0 Å². The predicted molar refractivity (Wildman–Crippen MR) is 68.7 cm³/mol. The SMILES string of the molecule is CC1CC(=O)N(O)C(CC(C)CC(C)(C)C)C1. The highest BCUT2D eigenvalue weighted by atomic mass is 16.5. The van der Waals surface area contributed by atoms with Crippen LogP contribution < -0.4 is 0 Å². The van der Waals surface area contributed by atoms with Gasteiger partial charge < -0.3 is 0 Å². The first-order valence-electron chi connectivity index (χ1n) is 6.70. The van der Waals surface area contributed by atoms with Gasteiger partial charge in [0.15, 0.2) is 0 Å². The van der Waals surface area contributed by atoms with Gasteiger partial charge in [0.1, 0.15) is 0 Å². The third-order valence-electron chi connectivity index (χ3n) is 3.43. The van der Waals surface area contributed by atoms with E-state index in [-0.39, 0.29) is 11.9 Å². The maximum atomic E-state index is 11.6. The maximum absolute atomic E-state index is 11.6. The molecule has 0 saturated carbocycles. The number of carbonyl (C=O) groups excluding carboxylic acids is 1. The van der Waals surface area contributed by atoms with Crippen LogP contribution in [0.1, 0.15) is 60.3 Å². The highest BCUT2D eigenvalue weighted by Crippen LogP contribution is 2.31. The summed E-state index contributed by atoms with van der Waals surface area (Å²) in [6.07, 6.45) is 3.45. The molecule has 0 aliphatic carbocycles. The Hall–Kier alpha value is -0.570. The molecule has 3 unspecified atom stereocenters. The summed E-state index contributed by atoms with van der Waals surface area (Å²) in [7, 11) is 0. The zero-order chi connectivity index (χ0) is 13.2. The quantitative estimate of drug-likeness (QED) is 0.769. The van der Waals surface area contributed by atoms with E-state index in [1.54, 1.807) is 0 Å². The molecule has 17 heavy (non-hydrogen) atoms. The number of hydroxylamine groups is 2. The first-order chi connectivity index (χ1) is 7.69. The number of carbonyl (C=O) groups is 1. The van der Waals surface area contributed by atoms with Crippen LogP contribution in [0.15, 0.2) is 0 Å². The van der Waals surface area contributed by atoms with Gasteiger partial charge in [0, 0.05) is 6.42 Å². The minimum Gasteiger partial charge on any atom is -0.286 e. The molecule has 3 atom stereocenters. The molecule has 0 spiro atoms. The van der Waals surface area contributed by atoms with E-state index in [2.05, 4.69) is 34.6 Å². The molecule has 1 aliphatic heterocycles. The minimum absolute atomic E-state index is 0.0172. The Morgan fingerprint density at radius 2 is 2.06 bits per heavy atom. The molecule has 0 aromatic rings. The van der Waals surface area contributed by atoms with Crippen LogP contribution in [0.5, 0.6) is 0 Å². The third-order valence-corrected chi connectivity index (χ3v) is 3.43. The molecule has 100 valence electrons. The van der Waals surface area contributed by atoms with E-state index in [1.165, 1.54) is 0 Å². The summed E-state index contributed by atoms with van der Waals surface area (Å²) >= 11 is 0. The lowest BCUT2D eigenvalue weighted by Gasteiger charge is -2.36. The van der Waals surface area contributed by atoms with E-state index in [0.717, 1.165) is 24.3 Å². The Labute approximate surface area is 105 Å². The predicted octanol–water partition coefficient (Wildman–Crippen LogP) is 3.47. The molecule has 0 aromatic heterocycles. The van der Waals surface area contributed by atoms with Crippen molar-refractivity contribution in [3.05, 3.63) is 0 Å². The van der Waals surface area contributed by atoms with Gasteiger partial charge in [0.2, 0.25) is 5.91 Å². The smallest absolute Gasteiger partial charge is 0.246 e. The van der Waals surface area contributed by atoms with Crippen molar-refractivity contribution in [1.29, 1.82) is 0 Å². The lowest BCUT2D eigenvalue weighted by Crippen LogP contribution is -2.44. The van der Waals surface area contributed by atoms with Crippen LogP contribution in [0.25, 0.3) is 0 Å². The van der Waals surface area contributed by atoms with Crippen molar-refractivity contribution in [3.63, 3.8) is 0 Å². The Bertz CT molecular complexity index is 270. The standard InChI is InChI=1S/C14H27NO2/c1-10-6-12(15(17)13(16)8-10)7-11(2)9-14(3,4)5/h10-12,17H,6-9H2,1-5H3. The van der Waals surface area contributed by atoms with Crippen LogP contribution in [0.4, 0.5) is 0 Å². The van der Waals surface area contributed by atoms with Crippen molar-refractivity contribution in [3.8, 4) is 0 Å². The molecule has 1 amide bonds. The van der Waals surface area contributed by atoms with E-state index in [9.17, 15) is 10.0 Å². The summed E-state index contributed by atoms with van der Waals surface area (Å²) in [5.74, 6) is 0.821. The zero-order valence-electron chi connectivity index (χ0n) is 11.9. The molecule has 1 heterocycles. The first kappa shape index (κ1) is 14.5. The lowest BCUT2D eigenvalue weighted by atomic mass is 9.80. The molecule has 0 bridgehead atoms. The van der Waals surface area contributed by atoms with Gasteiger partial charge in [-0.2, -0.15) is 0 Å². The highest BCUT2D eigenvalue weighted by molar-refractivity contribution is 5.76. The molecular weight excluding hydrogens is 214 g/mol. The molecule has 3 nitrogen and oxygen atoms in total. The van der Waals surface area contributed by atoms with Gasteiger partial charge in [-0.3, -0.25) is 10.0 Å². The van der Waals surface area contributed by atoms with Crippen LogP contribution in [0, 0.1) is 17.3 Å². The third kappa shape index (κ3) is 4.66. The largest absolute Gasteiger partial charge is 0.286 e. The summed E-state index contributed by atoms with van der Waals surface area (Å²) in [5.41, 5.74) is 0.310. The van der Waals surface area contributed by atoms with Crippen LogP contribution in [-0.2, 0) is 4.79 Å². The number of rotatable bonds is 3. The summed E-state index contributed by atoms with van der Waals surface area (Å²) in [6.45, 7) is 11.0. The van der Waals surface area contributed by atoms with Crippen LogP contribution in [-0.4, -0.2) is 22.2 Å². The molecule has 0 radical (unpaired) electrons. The average molecular weight is 241 g/mol. The molecule has 0 aromatic carbocycles. The second-order valence-corrected chi connectivity index (χ2v) is 7.04. The summed E-state index contributed by atoms with van der Waals surface area (Å²) in [6, 6.07) is 0.0172. The van der Waals surface area contributed by atoms with E-state index in [0.29, 0.717) is 23.7 Å². The molecule has 1 N–H and O–H groups in total. The van der Waals surface area contributed by atoms with Crippen molar-refractivity contribution in [2.24, 2.45) is 17.3 Å². The second-order valence-electron chi connectivity index (χ2n) is 7.04. The van der Waals surface area contributed by atoms with E-state index in [1.807, 2.05) is 0 Å². The van der Waals surface area contributed by atoms with E-state index >= 15 is 0 Å². The molecule has 3 heteroatoms. The van der Waals surface area contributed by atoms with Gasteiger partial charge in [0.25, 0.3) is 0 Å². The number of nitrogens with zero attached hydrogens (tertiary/aromatic N) is 1. The fraction of sp³-hybridized carbons (Fsp3) is 0.929. The number of piperidine rings is 1. The molecule has 1 aliphatic rings. The second kappa shape index (κ2) is 5.38. The Kier molecular flexibility index (Phi) is 4.59. The van der Waals surface area contributed by atoms with Gasteiger partial charge >= 0.3 is 0 Å². The van der Waals surface area contributed by atoms with Gasteiger partial charge in [-0.15, -0.1) is 0 Å². The maximum Gasteiger partial charge on any atom is 0.246 e. The Morgan fingerprint density at radius 1 is 1.47 bits per heavy atom. The van der Waals surface area contributed by atoms with Gasteiger partial charge in [0.05, 0.1) is 6.04 Å². The summed E-state index contributed by atoms with van der Waals surface area (Å²) in [4.78, 5) is 11.6. The highest BCUT2D eigenvalue weighted by Gasteiger charge is 2.32. The van der Waals surface area contributed by atoms with E-state index < -0.39 is 0 Å². The lowest BCUT2D eigenvalue weighted by molar-refractivity contribution is -0.187. The number of hydrogen-bond acceptors (Lipinski definition) is 2. The molecule has 1 rings (SSSR count). The first-order valence-corrected chi connectivity index (χ1v) is 6.70. The zero-order valence-corrected chi connectivity index (χ0v) is 11.9. The molecule has 1 fully saturated rings. The van der Waals surface area contributed by atoms with Crippen LogP contribution in [0.2, 0.25) is 0 Å². The fourth-order valence-corrected chi connectivity index (χ4v) is 3.03. The van der Waals surface area contributed by atoms with E-state index in [4.69, 9.17) is 0 Å². The van der Waals surface area contributed by atoms with Crippen molar-refractivity contribution >= 4 is 5.91 Å². The topological polar surface area (TPSA) is 40.5 Å². The van der Waals surface area contributed by atoms with Crippen molar-refractivity contribution in [1.82, 2.24) is 5.06 Å². The van der Waals surface area contributed by atoms with Gasteiger partial charge in [-0.25, -0.2) is 5.06 Å². The number of hydrogen-bond donors (Lipinski definition) is 1. The molecule has 1 saturated heterocycles. The summed E-state index contributed by atoms with van der Waals surface area (Å²) < 4.78 is 0. The normalized spacial score (nSPS) is 28.4. The fourth-order valence-electron chi connectivity index (χ4n) is 3.03. The Morgan fingerprint density at radius 3 is 2.59 bits per heavy atom. The summed E-state index contributed by atoms with van der Waals surface area (Å²) in [5, 5.41) is 10.8. The number of amides is 1. The average Bonchev–Trinajstić information content (AvgIpc) is 2.10. The van der Waals surface area contributed by atoms with Gasteiger partial charge in [-0.05, 0) is 36.5 Å². The minimum atomic E-state index is -0.114. The van der Waals surface area contributed by atoms with Crippen LogP contribution in [0.3, 0.4) is 0 Å². The van der Waals surface area contributed by atoms with Crippen molar-refractivity contribution in [2.45, 2.75) is 66.3 Å². The monoisotopic (exact) mass is 241 g/mol.